The highest BCUT2D eigenvalue weighted by molar-refractivity contribution is 7.17. The number of aryl methyl sites for hydroxylation is 1. The van der Waals surface area contributed by atoms with Crippen molar-refractivity contribution < 1.29 is 9.90 Å². The molecule has 1 aromatic carbocycles. The third-order valence-corrected chi connectivity index (χ3v) is 4.85. The smallest absolute Gasteiger partial charge is 0.348 e. The van der Waals surface area contributed by atoms with Crippen LogP contribution in [-0.2, 0) is 6.42 Å². The van der Waals surface area contributed by atoms with Crippen LogP contribution in [0.4, 0.5) is 0 Å². The summed E-state index contributed by atoms with van der Waals surface area (Å²) in [5.41, 5.74) is 3.08. The molecule has 3 aromatic rings. The highest BCUT2D eigenvalue weighted by Crippen LogP contribution is 2.34. The highest BCUT2D eigenvalue weighted by atomic mass is 35.5. The first-order valence-corrected chi connectivity index (χ1v) is 8.73. The Morgan fingerprint density at radius 1 is 1.21 bits per heavy atom. The van der Waals surface area contributed by atoms with Gasteiger partial charge >= 0.3 is 5.97 Å². The van der Waals surface area contributed by atoms with Crippen LogP contribution in [0.2, 0.25) is 5.02 Å². The molecule has 2 heterocycles. The van der Waals surface area contributed by atoms with Gasteiger partial charge < -0.3 is 5.11 Å². The summed E-state index contributed by atoms with van der Waals surface area (Å²) in [6.45, 7) is 2.10. The van der Waals surface area contributed by atoms with E-state index in [2.05, 4.69) is 16.9 Å². The molecule has 122 valence electrons. The average molecular weight is 359 g/mol. The lowest BCUT2D eigenvalue weighted by molar-refractivity contribution is 0.0702. The zero-order chi connectivity index (χ0) is 17.1. The van der Waals surface area contributed by atoms with Crippen molar-refractivity contribution in [1.29, 1.82) is 0 Å². The van der Waals surface area contributed by atoms with Crippen LogP contribution in [0.3, 0.4) is 0 Å². The summed E-state index contributed by atoms with van der Waals surface area (Å²) in [6.07, 6.45) is 3.63. The van der Waals surface area contributed by atoms with Crippen molar-refractivity contribution in [1.82, 2.24) is 9.97 Å². The van der Waals surface area contributed by atoms with Gasteiger partial charge in [-0.05, 0) is 30.7 Å². The van der Waals surface area contributed by atoms with Crippen molar-refractivity contribution in [3.63, 3.8) is 0 Å². The SMILES string of the molecule is CCCc1cc(-c2nc(-c3ccc(Cl)cc3)c(C(=O)O)s2)ccn1. The predicted molar refractivity (Wildman–Crippen MR) is 96.7 cm³/mol. The lowest BCUT2D eigenvalue weighted by Gasteiger charge is -2.01. The molecule has 0 aliphatic carbocycles. The van der Waals surface area contributed by atoms with E-state index >= 15 is 0 Å². The largest absolute Gasteiger partial charge is 0.477 e. The molecule has 6 heteroatoms. The van der Waals surface area contributed by atoms with Crippen molar-refractivity contribution in [2.24, 2.45) is 0 Å². The van der Waals surface area contributed by atoms with Crippen LogP contribution >= 0.6 is 22.9 Å². The fraction of sp³-hybridized carbons (Fsp3) is 0.167. The number of hydrogen-bond donors (Lipinski definition) is 1. The van der Waals surface area contributed by atoms with Gasteiger partial charge in [-0.25, -0.2) is 9.78 Å². The molecule has 0 fully saturated rings. The maximum absolute atomic E-state index is 11.6. The van der Waals surface area contributed by atoms with E-state index in [4.69, 9.17) is 11.6 Å². The molecular formula is C18H15ClN2O2S. The second-order valence-corrected chi connectivity index (χ2v) is 6.73. The molecular weight excluding hydrogens is 344 g/mol. The molecule has 0 aliphatic rings. The van der Waals surface area contributed by atoms with Gasteiger partial charge in [0.25, 0.3) is 0 Å². The van der Waals surface area contributed by atoms with Crippen LogP contribution in [0, 0.1) is 0 Å². The number of pyridine rings is 1. The molecule has 0 amide bonds. The Hall–Kier alpha value is -2.24. The van der Waals surface area contributed by atoms with Crippen LogP contribution in [0.1, 0.15) is 28.7 Å². The maximum Gasteiger partial charge on any atom is 0.348 e. The second-order valence-electron chi connectivity index (χ2n) is 5.29. The van der Waals surface area contributed by atoms with Crippen molar-refractivity contribution in [3.8, 4) is 21.8 Å². The predicted octanol–water partition coefficient (Wildman–Crippen LogP) is 5.18. The number of thiazole rings is 1. The number of halogens is 1. The van der Waals surface area contributed by atoms with Crippen molar-refractivity contribution in [2.45, 2.75) is 19.8 Å². The fourth-order valence-electron chi connectivity index (χ4n) is 2.40. The Bertz CT molecular complexity index is 875. The Morgan fingerprint density at radius 2 is 1.96 bits per heavy atom. The summed E-state index contributed by atoms with van der Waals surface area (Å²) < 4.78 is 0. The monoisotopic (exact) mass is 358 g/mol. The summed E-state index contributed by atoms with van der Waals surface area (Å²) in [7, 11) is 0. The van der Waals surface area contributed by atoms with Gasteiger partial charge in [0.2, 0.25) is 0 Å². The molecule has 0 spiro atoms. The Kier molecular flexibility index (Phi) is 4.92. The lowest BCUT2D eigenvalue weighted by Crippen LogP contribution is -1.95. The quantitative estimate of drug-likeness (QED) is 0.682. The number of aromatic nitrogens is 2. The molecule has 0 atom stereocenters. The fourth-order valence-corrected chi connectivity index (χ4v) is 3.44. The highest BCUT2D eigenvalue weighted by Gasteiger charge is 2.19. The van der Waals surface area contributed by atoms with E-state index in [9.17, 15) is 9.90 Å². The Morgan fingerprint density at radius 3 is 2.62 bits per heavy atom. The van der Waals surface area contributed by atoms with E-state index in [1.54, 1.807) is 30.5 Å². The minimum Gasteiger partial charge on any atom is -0.477 e. The molecule has 3 rings (SSSR count). The van der Waals surface area contributed by atoms with Gasteiger partial charge in [0.1, 0.15) is 9.88 Å². The number of benzene rings is 1. The van der Waals surface area contributed by atoms with Crippen molar-refractivity contribution >= 4 is 28.9 Å². The second kappa shape index (κ2) is 7.11. The topological polar surface area (TPSA) is 63.1 Å². The Balaban J connectivity index is 2.07. The number of carbonyl (C=O) groups is 1. The van der Waals surface area contributed by atoms with Gasteiger partial charge in [-0.15, -0.1) is 11.3 Å². The van der Waals surface area contributed by atoms with E-state index in [-0.39, 0.29) is 4.88 Å². The molecule has 2 aromatic heterocycles. The number of aromatic carboxylic acids is 1. The third-order valence-electron chi connectivity index (χ3n) is 3.51. The molecule has 0 bridgehead atoms. The van der Waals surface area contributed by atoms with Crippen molar-refractivity contribution in [2.75, 3.05) is 0 Å². The number of carboxylic acid groups (broad SMARTS) is 1. The zero-order valence-corrected chi connectivity index (χ0v) is 14.6. The first kappa shape index (κ1) is 16.6. The molecule has 0 aliphatic heterocycles. The normalized spacial score (nSPS) is 10.8. The zero-order valence-electron chi connectivity index (χ0n) is 13.0. The molecule has 0 radical (unpaired) electrons. The van der Waals surface area contributed by atoms with Gasteiger partial charge in [0, 0.05) is 28.0 Å². The molecule has 0 saturated carbocycles. The van der Waals surface area contributed by atoms with E-state index in [0.717, 1.165) is 29.7 Å². The first-order chi connectivity index (χ1) is 11.6. The van der Waals surface area contributed by atoms with Gasteiger partial charge in [-0.1, -0.05) is 37.1 Å². The summed E-state index contributed by atoms with van der Waals surface area (Å²) in [6, 6.07) is 10.8. The summed E-state index contributed by atoms with van der Waals surface area (Å²) in [5.74, 6) is -0.980. The summed E-state index contributed by atoms with van der Waals surface area (Å²) in [4.78, 5) is 20.7. The number of rotatable bonds is 5. The minimum atomic E-state index is -0.980. The van der Waals surface area contributed by atoms with E-state index in [0.29, 0.717) is 15.7 Å². The first-order valence-electron chi connectivity index (χ1n) is 7.54. The van der Waals surface area contributed by atoms with Gasteiger partial charge in [0.05, 0.1) is 5.69 Å². The standard InChI is InChI=1S/C18H15ClN2O2S/c1-2-3-14-10-12(8-9-20-14)17-21-15(16(24-17)18(22)23)11-4-6-13(19)7-5-11/h4-10H,2-3H2,1H3,(H,22,23). The molecule has 4 nitrogen and oxygen atoms in total. The lowest BCUT2D eigenvalue weighted by atomic mass is 10.1. The van der Waals surface area contributed by atoms with Crippen LogP contribution in [0.25, 0.3) is 21.8 Å². The number of hydrogen-bond acceptors (Lipinski definition) is 4. The minimum absolute atomic E-state index is 0.223. The van der Waals surface area contributed by atoms with Crippen LogP contribution in [0.15, 0.2) is 42.6 Å². The molecule has 0 unspecified atom stereocenters. The van der Waals surface area contributed by atoms with E-state index in [1.165, 1.54) is 11.3 Å². The summed E-state index contributed by atoms with van der Waals surface area (Å²) in [5, 5.41) is 10.8. The van der Waals surface area contributed by atoms with Gasteiger partial charge in [-0.3, -0.25) is 4.98 Å². The van der Waals surface area contributed by atoms with Crippen molar-refractivity contribution in [3.05, 3.63) is 58.2 Å². The Labute approximate surface area is 148 Å². The van der Waals surface area contributed by atoms with E-state index in [1.807, 2.05) is 12.1 Å². The number of carboxylic acids is 1. The number of nitrogens with zero attached hydrogens (tertiary/aromatic N) is 2. The van der Waals surface area contributed by atoms with Crippen LogP contribution in [-0.4, -0.2) is 21.0 Å². The summed E-state index contributed by atoms with van der Waals surface area (Å²) >= 11 is 7.08. The van der Waals surface area contributed by atoms with Gasteiger partial charge in [-0.2, -0.15) is 0 Å². The maximum atomic E-state index is 11.6. The molecule has 1 N–H and O–H groups in total. The van der Waals surface area contributed by atoms with Crippen LogP contribution < -0.4 is 0 Å². The molecule has 24 heavy (non-hydrogen) atoms. The van der Waals surface area contributed by atoms with E-state index < -0.39 is 5.97 Å². The molecule has 0 saturated heterocycles. The van der Waals surface area contributed by atoms with Crippen LogP contribution in [0.5, 0.6) is 0 Å². The average Bonchev–Trinajstić information content (AvgIpc) is 3.02. The van der Waals surface area contributed by atoms with Gasteiger partial charge in [0.15, 0.2) is 0 Å². The third kappa shape index (κ3) is 3.47.